The summed E-state index contributed by atoms with van der Waals surface area (Å²) in [5, 5.41) is 0. The summed E-state index contributed by atoms with van der Waals surface area (Å²) in [7, 11) is 3.56. The van der Waals surface area contributed by atoms with Gasteiger partial charge in [-0.1, -0.05) is 19.9 Å². The standard InChI is InChI=1S/C18H27NO3/c1-13(2)17-12-19(3)15-11-14(9-10-16(15)22-17)7-5-6-8-18(20)21-4/h9-11,13,17H,5-8,12H2,1-4H3. The number of carbonyl (C=O) groups is 1. The van der Waals surface area contributed by atoms with Crippen LogP contribution in [0.15, 0.2) is 18.2 Å². The van der Waals surface area contributed by atoms with E-state index in [-0.39, 0.29) is 12.1 Å². The minimum absolute atomic E-state index is 0.127. The lowest BCUT2D eigenvalue weighted by Crippen LogP contribution is -2.40. The largest absolute Gasteiger partial charge is 0.486 e. The van der Waals surface area contributed by atoms with E-state index in [0.29, 0.717) is 12.3 Å². The van der Waals surface area contributed by atoms with Gasteiger partial charge in [-0.3, -0.25) is 4.79 Å². The minimum atomic E-state index is -0.127. The van der Waals surface area contributed by atoms with Gasteiger partial charge in [0.1, 0.15) is 11.9 Å². The van der Waals surface area contributed by atoms with Crippen LogP contribution >= 0.6 is 0 Å². The lowest BCUT2D eigenvalue weighted by molar-refractivity contribution is -0.140. The van der Waals surface area contributed by atoms with E-state index in [1.54, 1.807) is 0 Å². The van der Waals surface area contributed by atoms with Crippen LogP contribution in [0.5, 0.6) is 5.75 Å². The van der Waals surface area contributed by atoms with Crippen molar-refractivity contribution in [3.05, 3.63) is 23.8 Å². The lowest BCUT2D eigenvalue weighted by Gasteiger charge is -2.36. The van der Waals surface area contributed by atoms with Crippen molar-refractivity contribution >= 4 is 11.7 Å². The third-order valence-corrected chi connectivity index (χ3v) is 4.23. The van der Waals surface area contributed by atoms with Crippen molar-refractivity contribution in [3.63, 3.8) is 0 Å². The third-order valence-electron chi connectivity index (χ3n) is 4.23. The topological polar surface area (TPSA) is 38.8 Å². The Morgan fingerprint density at radius 2 is 2.18 bits per heavy atom. The summed E-state index contributed by atoms with van der Waals surface area (Å²) in [4.78, 5) is 13.4. The Balaban J connectivity index is 1.94. The van der Waals surface area contributed by atoms with Crippen LogP contribution in [0.1, 0.15) is 38.7 Å². The van der Waals surface area contributed by atoms with E-state index < -0.39 is 0 Å². The van der Waals surface area contributed by atoms with E-state index in [2.05, 4.69) is 48.7 Å². The predicted molar refractivity (Wildman–Crippen MR) is 88.5 cm³/mol. The molecule has 1 aromatic carbocycles. The third kappa shape index (κ3) is 4.15. The van der Waals surface area contributed by atoms with Crippen LogP contribution in [0, 0.1) is 5.92 Å². The Morgan fingerprint density at radius 1 is 1.41 bits per heavy atom. The molecule has 4 nitrogen and oxygen atoms in total. The molecule has 0 N–H and O–H groups in total. The van der Waals surface area contributed by atoms with Crippen LogP contribution < -0.4 is 9.64 Å². The Labute approximate surface area is 133 Å². The fourth-order valence-electron chi connectivity index (χ4n) is 2.73. The maximum Gasteiger partial charge on any atom is 0.305 e. The van der Waals surface area contributed by atoms with Gasteiger partial charge in [0.25, 0.3) is 0 Å². The monoisotopic (exact) mass is 305 g/mol. The van der Waals surface area contributed by atoms with Crippen molar-refractivity contribution in [2.45, 2.75) is 45.6 Å². The fourth-order valence-corrected chi connectivity index (χ4v) is 2.73. The maximum absolute atomic E-state index is 11.1. The minimum Gasteiger partial charge on any atom is -0.486 e. The molecule has 0 bridgehead atoms. The number of anilines is 1. The van der Waals surface area contributed by atoms with Crippen molar-refractivity contribution in [2.24, 2.45) is 5.92 Å². The van der Waals surface area contributed by atoms with Gasteiger partial charge in [-0.15, -0.1) is 0 Å². The molecule has 1 aliphatic heterocycles. The second-order valence-corrected chi connectivity index (χ2v) is 6.37. The van der Waals surface area contributed by atoms with Gasteiger partial charge in [0.15, 0.2) is 0 Å². The summed E-state index contributed by atoms with van der Waals surface area (Å²) >= 11 is 0. The molecule has 2 rings (SSSR count). The van der Waals surface area contributed by atoms with Crippen molar-refractivity contribution in [3.8, 4) is 5.75 Å². The van der Waals surface area contributed by atoms with E-state index in [9.17, 15) is 4.79 Å². The van der Waals surface area contributed by atoms with Crippen molar-refractivity contribution in [2.75, 3.05) is 25.6 Å². The second kappa shape index (κ2) is 7.52. The van der Waals surface area contributed by atoms with Gasteiger partial charge in [-0.2, -0.15) is 0 Å². The summed E-state index contributed by atoms with van der Waals surface area (Å²) in [6.45, 7) is 5.31. The molecule has 4 heteroatoms. The predicted octanol–water partition coefficient (Wildman–Crippen LogP) is 3.43. The smallest absolute Gasteiger partial charge is 0.305 e. The highest BCUT2D eigenvalue weighted by Crippen LogP contribution is 2.35. The van der Waals surface area contributed by atoms with Crippen molar-refractivity contribution < 1.29 is 14.3 Å². The molecule has 122 valence electrons. The fraction of sp³-hybridized carbons (Fsp3) is 0.611. The number of aryl methyl sites for hydroxylation is 1. The first kappa shape index (κ1) is 16.7. The summed E-state index contributed by atoms with van der Waals surface area (Å²) < 4.78 is 10.7. The number of hydrogen-bond acceptors (Lipinski definition) is 4. The number of nitrogens with zero attached hydrogens (tertiary/aromatic N) is 1. The van der Waals surface area contributed by atoms with Crippen LogP contribution in [0.3, 0.4) is 0 Å². The average Bonchev–Trinajstić information content (AvgIpc) is 2.51. The molecule has 1 unspecified atom stereocenters. The van der Waals surface area contributed by atoms with Gasteiger partial charge < -0.3 is 14.4 Å². The molecule has 0 fully saturated rings. The quantitative estimate of drug-likeness (QED) is 0.596. The zero-order valence-electron chi connectivity index (χ0n) is 14.1. The molecule has 1 heterocycles. The molecular formula is C18H27NO3. The van der Waals surface area contributed by atoms with Gasteiger partial charge in [-0.05, 0) is 42.9 Å². The Bertz CT molecular complexity index is 513. The zero-order valence-corrected chi connectivity index (χ0v) is 14.1. The molecule has 0 saturated heterocycles. The van der Waals surface area contributed by atoms with E-state index >= 15 is 0 Å². The Hall–Kier alpha value is -1.71. The normalized spacial score (nSPS) is 17.1. The number of esters is 1. The van der Waals surface area contributed by atoms with E-state index in [1.165, 1.54) is 18.4 Å². The number of benzene rings is 1. The van der Waals surface area contributed by atoms with Gasteiger partial charge >= 0.3 is 5.97 Å². The molecule has 0 radical (unpaired) electrons. The van der Waals surface area contributed by atoms with Crippen LogP contribution in [-0.2, 0) is 16.0 Å². The summed E-state index contributed by atoms with van der Waals surface area (Å²) in [6, 6.07) is 6.42. The second-order valence-electron chi connectivity index (χ2n) is 6.37. The van der Waals surface area contributed by atoms with Crippen LogP contribution in [0.4, 0.5) is 5.69 Å². The van der Waals surface area contributed by atoms with Gasteiger partial charge in [0.05, 0.1) is 19.3 Å². The van der Waals surface area contributed by atoms with Gasteiger partial charge in [0.2, 0.25) is 0 Å². The van der Waals surface area contributed by atoms with Gasteiger partial charge in [0, 0.05) is 13.5 Å². The van der Waals surface area contributed by atoms with Crippen LogP contribution in [0.2, 0.25) is 0 Å². The number of hydrogen-bond donors (Lipinski definition) is 0. The molecule has 0 aliphatic carbocycles. The van der Waals surface area contributed by atoms with Crippen molar-refractivity contribution in [1.82, 2.24) is 0 Å². The molecule has 0 spiro atoms. The van der Waals surface area contributed by atoms with Crippen LogP contribution in [-0.4, -0.2) is 32.8 Å². The number of fused-ring (bicyclic) bond motifs is 1. The van der Waals surface area contributed by atoms with E-state index in [1.807, 2.05) is 0 Å². The molecule has 1 atom stereocenters. The first-order chi connectivity index (χ1) is 10.5. The summed E-state index contributed by atoms with van der Waals surface area (Å²) in [6.07, 6.45) is 3.59. The number of ether oxygens (including phenoxy) is 2. The molecule has 1 aromatic rings. The first-order valence-corrected chi connectivity index (χ1v) is 8.08. The number of likely N-dealkylation sites (N-methyl/N-ethyl adjacent to an activating group) is 1. The molecule has 22 heavy (non-hydrogen) atoms. The maximum atomic E-state index is 11.1. The van der Waals surface area contributed by atoms with E-state index in [0.717, 1.165) is 31.6 Å². The molecule has 0 aromatic heterocycles. The molecule has 0 amide bonds. The Morgan fingerprint density at radius 3 is 2.86 bits per heavy atom. The number of methoxy groups -OCH3 is 1. The Kier molecular flexibility index (Phi) is 5.69. The summed E-state index contributed by atoms with van der Waals surface area (Å²) in [5.74, 6) is 1.36. The zero-order chi connectivity index (χ0) is 16.1. The van der Waals surface area contributed by atoms with Gasteiger partial charge in [-0.25, -0.2) is 0 Å². The van der Waals surface area contributed by atoms with Crippen molar-refractivity contribution in [1.29, 1.82) is 0 Å². The first-order valence-electron chi connectivity index (χ1n) is 8.08. The molecule has 0 saturated carbocycles. The number of carbonyl (C=O) groups excluding carboxylic acids is 1. The SMILES string of the molecule is COC(=O)CCCCc1ccc2c(c1)N(C)CC(C(C)C)O2. The lowest BCUT2D eigenvalue weighted by atomic mass is 10.0. The summed E-state index contributed by atoms with van der Waals surface area (Å²) in [5.41, 5.74) is 2.46. The molecular weight excluding hydrogens is 278 g/mol. The number of rotatable bonds is 6. The highest BCUT2D eigenvalue weighted by Gasteiger charge is 2.25. The highest BCUT2D eigenvalue weighted by atomic mass is 16.5. The average molecular weight is 305 g/mol. The number of unbranched alkanes of at least 4 members (excludes halogenated alkanes) is 1. The van der Waals surface area contributed by atoms with E-state index in [4.69, 9.17) is 4.74 Å². The highest BCUT2D eigenvalue weighted by molar-refractivity contribution is 5.69. The van der Waals surface area contributed by atoms with Crippen LogP contribution in [0.25, 0.3) is 0 Å². The molecule has 1 aliphatic rings.